The Labute approximate surface area is 156 Å². The summed E-state index contributed by atoms with van der Waals surface area (Å²) in [4.78, 5) is 11.2. The Morgan fingerprint density at radius 2 is 1.93 bits per heavy atom. The van der Waals surface area contributed by atoms with Crippen LogP contribution < -0.4 is 19.5 Å². The molecule has 9 nitrogen and oxygen atoms in total. The molecule has 3 rings (SSSR count). The summed E-state index contributed by atoms with van der Waals surface area (Å²) >= 11 is 0. The highest BCUT2D eigenvalue weighted by Gasteiger charge is 2.13. The van der Waals surface area contributed by atoms with Crippen molar-refractivity contribution in [2.24, 2.45) is 0 Å². The molecule has 0 aliphatic carbocycles. The second-order valence-corrected chi connectivity index (χ2v) is 5.59. The summed E-state index contributed by atoms with van der Waals surface area (Å²) in [6, 6.07) is 8.94. The van der Waals surface area contributed by atoms with E-state index in [0.29, 0.717) is 48.4 Å². The zero-order chi connectivity index (χ0) is 19.2. The topological polar surface area (TPSA) is 99.9 Å². The first kappa shape index (κ1) is 18.4. The molecule has 0 unspecified atom stereocenters. The Kier molecular flexibility index (Phi) is 5.70. The summed E-state index contributed by atoms with van der Waals surface area (Å²) in [7, 11) is 3.16. The van der Waals surface area contributed by atoms with Gasteiger partial charge in [-0.1, -0.05) is 6.92 Å². The normalized spacial score (nSPS) is 10.6. The molecule has 27 heavy (non-hydrogen) atoms. The molecule has 0 aliphatic rings. The highest BCUT2D eigenvalue weighted by Crippen LogP contribution is 2.31. The number of carbonyl (C=O) groups is 1. The zero-order valence-electron chi connectivity index (χ0n) is 15.4. The van der Waals surface area contributed by atoms with Crippen LogP contribution in [0.3, 0.4) is 0 Å². The third-order valence-electron chi connectivity index (χ3n) is 3.88. The van der Waals surface area contributed by atoms with E-state index < -0.39 is 0 Å². The molecule has 0 saturated heterocycles. The van der Waals surface area contributed by atoms with Crippen LogP contribution in [0.1, 0.15) is 13.3 Å². The molecule has 9 heteroatoms. The van der Waals surface area contributed by atoms with Crippen molar-refractivity contribution in [3.05, 3.63) is 30.3 Å². The quantitative estimate of drug-likeness (QED) is 0.602. The van der Waals surface area contributed by atoms with Crippen LogP contribution in [0.25, 0.3) is 17.0 Å². The van der Waals surface area contributed by atoms with Gasteiger partial charge in [-0.25, -0.2) is 0 Å². The molecular formula is C18H21N5O4. The Morgan fingerprint density at radius 3 is 2.67 bits per heavy atom. The van der Waals surface area contributed by atoms with E-state index in [2.05, 4.69) is 20.6 Å². The van der Waals surface area contributed by atoms with E-state index in [4.69, 9.17) is 14.2 Å². The molecule has 0 spiro atoms. The summed E-state index contributed by atoms with van der Waals surface area (Å²) in [5.41, 5.74) is 1.37. The minimum atomic E-state index is -0.0171. The van der Waals surface area contributed by atoms with E-state index >= 15 is 0 Å². The average Bonchev–Trinajstić information content (AvgIpc) is 3.13. The van der Waals surface area contributed by atoms with Gasteiger partial charge < -0.3 is 19.5 Å². The molecule has 0 saturated carbocycles. The average molecular weight is 371 g/mol. The summed E-state index contributed by atoms with van der Waals surface area (Å²) < 4.78 is 17.8. The number of hydrogen-bond acceptors (Lipinski definition) is 7. The van der Waals surface area contributed by atoms with Gasteiger partial charge in [0.15, 0.2) is 23.0 Å². The monoisotopic (exact) mass is 371 g/mol. The maximum absolute atomic E-state index is 11.2. The van der Waals surface area contributed by atoms with Gasteiger partial charge in [0.25, 0.3) is 0 Å². The number of nitrogens with zero attached hydrogens (tertiary/aromatic N) is 4. The van der Waals surface area contributed by atoms with Gasteiger partial charge in [0, 0.05) is 18.1 Å². The van der Waals surface area contributed by atoms with E-state index in [-0.39, 0.29) is 5.91 Å². The fraction of sp³-hybridized carbons (Fsp3) is 0.333. The van der Waals surface area contributed by atoms with Gasteiger partial charge in [0.1, 0.15) is 6.61 Å². The van der Waals surface area contributed by atoms with E-state index in [9.17, 15) is 4.79 Å². The molecule has 2 aromatic heterocycles. The SMILES string of the molecule is CCC(=O)NCCOc1ccc2nnc(-c3ccc(OC)c(OC)c3)n2n1. The number of benzene rings is 1. The molecule has 142 valence electrons. The van der Waals surface area contributed by atoms with Gasteiger partial charge in [0.2, 0.25) is 11.8 Å². The van der Waals surface area contributed by atoms with Crippen LogP contribution in [0.15, 0.2) is 30.3 Å². The van der Waals surface area contributed by atoms with E-state index in [1.165, 1.54) is 0 Å². The molecule has 1 N–H and O–H groups in total. The lowest BCUT2D eigenvalue weighted by Gasteiger charge is -2.09. The Morgan fingerprint density at radius 1 is 1.11 bits per heavy atom. The maximum atomic E-state index is 11.2. The molecule has 0 fully saturated rings. The third-order valence-corrected chi connectivity index (χ3v) is 3.88. The summed E-state index contributed by atoms with van der Waals surface area (Å²) in [6.07, 6.45) is 0.444. The summed E-state index contributed by atoms with van der Waals surface area (Å²) in [5.74, 6) is 2.16. The number of methoxy groups -OCH3 is 2. The maximum Gasteiger partial charge on any atom is 0.231 e. The van der Waals surface area contributed by atoms with Crippen molar-refractivity contribution in [3.8, 4) is 28.8 Å². The number of fused-ring (bicyclic) bond motifs is 1. The van der Waals surface area contributed by atoms with E-state index in [0.717, 1.165) is 5.56 Å². The van der Waals surface area contributed by atoms with Crippen LogP contribution in [-0.4, -0.2) is 53.1 Å². The number of carbonyl (C=O) groups excluding carboxylic acids is 1. The Bertz CT molecular complexity index is 941. The second-order valence-electron chi connectivity index (χ2n) is 5.59. The van der Waals surface area contributed by atoms with Crippen molar-refractivity contribution >= 4 is 11.6 Å². The van der Waals surface area contributed by atoms with Gasteiger partial charge in [-0.05, 0) is 24.3 Å². The molecular weight excluding hydrogens is 350 g/mol. The van der Waals surface area contributed by atoms with Crippen LogP contribution in [-0.2, 0) is 4.79 Å². The van der Waals surface area contributed by atoms with Crippen LogP contribution in [0, 0.1) is 0 Å². The van der Waals surface area contributed by atoms with Crippen molar-refractivity contribution < 1.29 is 19.0 Å². The fourth-order valence-electron chi connectivity index (χ4n) is 2.48. The zero-order valence-corrected chi connectivity index (χ0v) is 15.4. The van der Waals surface area contributed by atoms with E-state index in [1.54, 1.807) is 43.9 Å². The fourth-order valence-corrected chi connectivity index (χ4v) is 2.48. The molecule has 2 heterocycles. The Balaban J connectivity index is 1.82. The molecule has 0 bridgehead atoms. The number of rotatable bonds is 8. The number of aromatic nitrogens is 4. The second kappa shape index (κ2) is 8.35. The number of amides is 1. The molecule has 0 radical (unpaired) electrons. The number of hydrogen-bond donors (Lipinski definition) is 1. The largest absolute Gasteiger partial charge is 0.493 e. The number of nitrogens with one attached hydrogen (secondary N) is 1. The first-order chi connectivity index (χ1) is 13.2. The minimum absolute atomic E-state index is 0.0171. The highest BCUT2D eigenvalue weighted by atomic mass is 16.5. The lowest BCUT2D eigenvalue weighted by molar-refractivity contribution is -0.120. The molecule has 1 amide bonds. The molecule has 3 aromatic rings. The van der Waals surface area contributed by atoms with Gasteiger partial charge >= 0.3 is 0 Å². The van der Waals surface area contributed by atoms with Gasteiger partial charge in [-0.15, -0.1) is 15.3 Å². The molecule has 0 aliphatic heterocycles. The molecule has 0 atom stereocenters. The third kappa shape index (κ3) is 4.08. The van der Waals surface area contributed by atoms with Gasteiger partial charge in [-0.2, -0.15) is 4.52 Å². The van der Waals surface area contributed by atoms with Crippen LogP contribution >= 0.6 is 0 Å². The number of ether oxygens (including phenoxy) is 3. The van der Waals surface area contributed by atoms with Crippen molar-refractivity contribution in [3.63, 3.8) is 0 Å². The molecule has 1 aromatic carbocycles. The minimum Gasteiger partial charge on any atom is -0.493 e. The first-order valence-electron chi connectivity index (χ1n) is 8.50. The van der Waals surface area contributed by atoms with Crippen LogP contribution in [0.2, 0.25) is 0 Å². The lowest BCUT2D eigenvalue weighted by atomic mass is 10.2. The van der Waals surface area contributed by atoms with Gasteiger partial charge in [0.05, 0.1) is 20.8 Å². The van der Waals surface area contributed by atoms with Crippen LogP contribution in [0.4, 0.5) is 0 Å². The summed E-state index contributed by atoms with van der Waals surface area (Å²) in [5, 5.41) is 15.5. The van der Waals surface area contributed by atoms with Gasteiger partial charge in [-0.3, -0.25) is 4.79 Å². The van der Waals surface area contributed by atoms with Crippen molar-refractivity contribution in [1.29, 1.82) is 0 Å². The smallest absolute Gasteiger partial charge is 0.231 e. The van der Waals surface area contributed by atoms with Crippen LogP contribution in [0.5, 0.6) is 17.4 Å². The van der Waals surface area contributed by atoms with Crippen molar-refractivity contribution in [2.75, 3.05) is 27.4 Å². The predicted octanol–water partition coefficient (Wildman–Crippen LogP) is 1.71. The Hall–Kier alpha value is -3.36. The van der Waals surface area contributed by atoms with Crippen molar-refractivity contribution in [2.45, 2.75) is 13.3 Å². The van der Waals surface area contributed by atoms with E-state index in [1.807, 2.05) is 12.1 Å². The lowest BCUT2D eigenvalue weighted by Crippen LogP contribution is -2.27. The highest BCUT2D eigenvalue weighted by molar-refractivity contribution is 5.75. The standard InChI is InChI=1S/C18H21N5O4/c1-4-16(24)19-9-10-27-17-8-7-15-20-21-18(23(15)22-17)12-5-6-13(25-2)14(11-12)26-3/h5-8,11H,4,9-10H2,1-3H3,(H,19,24). The van der Waals surface area contributed by atoms with Crippen molar-refractivity contribution in [1.82, 2.24) is 25.1 Å². The first-order valence-corrected chi connectivity index (χ1v) is 8.50. The predicted molar refractivity (Wildman–Crippen MR) is 98.1 cm³/mol. The summed E-state index contributed by atoms with van der Waals surface area (Å²) in [6.45, 7) is 2.53.